The van der Waals surface area contributed by atoms with Crippen LogP contribution in [0.15, 0.2) is 53.4 Å². The number of hydrogen-bond donors (Lipinski definition) is 0. The minimum Gasteiger partial charge on any atom is -0.379 e. The van der Waals surface area contributed by atoms with Crippen LogP contribution in [0.25, 0.3) is 11.0 Å². The normalized spacial score (nSPS) is 15.8. The zero-order valence-electron chi connectivity index (χ0n) is 19.1. The summed E-state index contributed by atoms with van der Waals surface area (Å²) in [5.41, 5.74) is 2.95. The van der Waals surface area contributed by atoms with Crippen molar-refractivity contribution in [1.29, 1.82) is 0 Å². The van der Waals surface area contributed by atoms with Crippen molar-refractivity contribution in [2.75, 3.05) is 26.3 Å². The van der Waals surface area contributed by atoms with Crippen molar-refractivity contribution in [3.8, 4) is 0 Å². The summed E-state index contributed by atoms with van der Waals surface area (Å²) in [6.45, 7) is 10.4. The summed E-state index contributed by atoms with van der Waals surface area (Å²) < 4.78 is 35.2. The first-order valence-electron chi connectivity index (χ1n) is 11.2. The Balaban J connectivity index is 1.64. The number of nitrogens with zero attached hydrogens (tertiary/aromatic N) is 4. The molecule has 0 aliphatic carbocycles. The second-order valence-electron chi connectivity index (χ2n) is 8.42. The van der Waals surface area contributed by atoms with Crippen molar-refractivity contribution in [3.05, 3.63) is 59.9 Å². The molecule has 1 fully saturated rings. The molecule has 1 saturated heterocycles. The highest BCUT2D eigenvalue weighted by Crippen LogP contribution is 2.25. The number of sulfonamides is 1. The van der Waals surface area contributed by atoms with Crippen LogP contribution in [-0.2, 0) is 34.4 Å². The van der Waals surface area contributed by atoms with Crippen molar-refractivity contribution in [3.63, 3.8) is 0 Å². The average Bonchev–Trinajstić information content (AvgIpc) is 3.16. The molecule has 0 amide bonds. The zero-order chi connectivity index (χ0) is 22.7. The molecule has 0 bridgehead atoms. The second-order valence-corrected chi connectivity index (χ2v) is 10.4. The van der Waals surface area contributed by atoms with E-state index in [1.54, 1.807) is 12.1 Å². The largest absolute Gasteiger partial charge is 0.379 e. The van der Waals surface area contributed by atoms with E-state index in [1.807, 2.05) is 12.1 Å². The van der Waals surface area contributed by atoms with Crippen LogP contribution in [0, 0.1) is 0 Å². The Hall–Kier alpha value is -2.26. The lowest BCUT2D eigenvalue weighted by molar-refractivity contribution is 0.0730. The molecule has 8 heteroatoms. The Bertz CT molecular complexity index is 1150. The van der Waals surface area contributed by atoms with E-state index in [4.69, 9.17) is 9.72 Å². The third kappa shape index (κ3) is 4.73. The van der Waals surface area contributed by atoms with Crippen molar-refractivity contribution in [1.82, 2.24) is 18.8 Å². The van der Waals surface area contributed by atoms with Crippen LogP contribution in [0.5, 0.6) is 0 Å². The molecule has 1 aromatic heterocycles. The van der Waals surface area contributed by atoms with Crippen LogP contribution in [-0.4, -0.2) is 59.5 Å². The number of fused-ring (bicyclic) bond motifs is 1. The predicted molar refractivity (Wildman–Crippen MR) is 126 cm³/mol. The molecule has 0 radical (unpaired) electrons. The van der Waals surface area contributed by atoms with Crippen molar-refractivity contribution >= 4 is 21.1 Å². The molecule has 4 rings (SSSR count). The lowest BCUT2D eigenvalue weighted by Crippen LogP contribution is -2.40. The number of aryl methyl sites for hydroxylation is 1. The van der Waals surface area contributed by atoms with Gasteiger partial charge in [-0.25, -0.2) is 13.4 Å². The van der Waals surface area contributed by atoms with E-state index in [0.717, 1.165) is 29.9 Å². The predicted octanol–water partition coefficient (Wildman–Crippen LogP) is 3.49. The Kier molecular flexibility index (Phi) is 6.95. The maximum absolute atomic E-state index is 13.1. The molecule has 0 atom stereocenters. The molecular weight excluding hydrogens is 424 g/mol. The van der Waals surface area contributed by atoms with Crippen LogP contribution >= 0.6 is 0 Å². The number of aromatic nitrogens is 2. The molecule has 0 N–H and O–H groups in total. The molecule has 1 aliphatic heterocycles. The van der Waals surface area contributed by atoms with E-state index in [0.29, 0.717) is 43.8 Å². The molecule has 7 nitrogen and oxygen atoms in total. The quantitative estimate of drug-likeness (QED) is 0.519. The Morgan fingerprint density at radius 1 is 1.06 bits per heavy atom. The fourth-order valence-electron chi connectivity index (χ4n) is 4.15. The van der Waals surface area contributed by atoms with Gasteiger partial charge in [-0.05, 0) is 44.5 Å². The standard InChI is InChI=1S/C24H32N4O3S/c1-4-28-23-11-10-21(32(29,30)27-12-14-31-15-13-27)16-22(23)25-24(28)18-26(19(2)3)17-20-8-6-5-7-9-20/h5-11,16,19H,4,12-15,17-18H2,1-3H3. The van der Waals surface area contributed by atoms with Gasteiger partial charge in [0.25, 0.3) is 0 Å². The first-order chi connectivity index (χ1) is 15.4. The number of hydrogen-bond acceptors (Lipinski definition) is 5. The lowest BCUT2D eigenvalue weighted by atomic mass is 10.2. The van der Waals surface area contributed by atoms with E-state index in [9.17, 15) is 8.42 Å². The number of ether oxygens (including phenoxy) is 1. The summed E-state index contributed by atoms with van der Waals surface area (Å²) in [4.78, 5) is 7.56. The smallest absolute Gasteiger partial charge is 0.243 e. The number of imidazole rings is 1. The van der Waals surface area contributed by atoms with Gasteiger partial charge in [-0.3, -0.25) is 4.90 Å². The van der Waals surface area contributed by atoms with E-state index < -0.39 is 10.0 Å². The van der Waals surface area contributed by atoms with Gasteiger partial charge in [0, 0.05) is 32.2 Å². The van der Waals surface area contributed by atoms with Gasteiger partial charge in [-0.2, -0.15) is 4.31 Å². The third-order valence-electron chi connectivity index (χ3n) is 6.03. The summed E-state index contributed by atoms with van der Waals surface area (Å²) in [6, 6.07) is 16.1. The van der Waals surface area contributed by atoms with Gasteiger partial charge in [-0.15, -0.1) is 0 Å². The first-order valence-corrected chi connectivity index (χ1v) is 12.7. The van der Waals surface area contributed by atoms with Crippen LogP contribution in [0.3, 0.4) is 0 Å². The number of morpholine rings is 1. The van der Waals surface area contributed by atoms with Crippen LogP contribution in [0.2, 0.25) is 0 Å². The highest BCUT2D eigenvalue weighted by molar-refractivity contribution is 7.89. The summed E-state index contributed by atoms with van der Waals surface area (Å²) in [7, 11) is -3.55. The monoisotopic (exact) mass is 456 g/mol. The fourth-order valence-corrected chi connectivity index (χ4v) is 5.58. The average molecular weight is 457 g/mol. The van der Waals surface area contributed by atoms with Crippen LogP contribution < -0.4 is 0 Å². The van der Waals surface area contributed by atoms with E-state index in [1.165, 1.54) is 9.87 Å². The highest BCUT2D eigenvalue weighted by atomic mass is 32.2. The second kappa shape index (κ2) is 9.70. The maximum Gasteiger partial charge on any atom is 0.243 e. The molecule has 1 aliphatic rings. The third-order valence-corrected chi connectivity index (χ3v) is 7.92. The van der Waals surface area contributed by atoms with E-state index in [-0.39, 0.29) is 0 Å². The Labute approximate surface area is 190 Å². The van der Waals surface area contributed by atoms with Crippen molar-refractivity contribution < 1.29 is 13.2 Å². The van der Waals surface area contributed by atoms with Gasteiger partial charge < -0.3 is 9.30 Å². The molecule has 0 spiro atoms. The minimum atomic E-state index is -3.55. The fraction of sp³-hybridized carbons (Fsp3) is 0.458. The molecule has 0 saturated carbocycles. The summed E-state index contributed by atoms with van der Waals surface area (Å²) in [5, 5.41) is 0. The van der Waals surface area contributed by atoms with Gasteiger partial charge in [0.2, 0.25) is 10.0 Å². The van der Waals surface area contributed by atoms with Gasteiger partial charge in [0.15, 0.2) is 0 Å². The molecule has 2 aromatic carbocycles. The molecule has 32 heavy (non-hydrogen) atoms. The SMILES string of the molecule is CCn1c(CN(Cc2ccccc2)C(C)C)nc2cc(S(=O)(=O)N3CCOCC3)ccc21. The molecule has 172 valence electrons. The van der Waals surface area contributed by atoms with Crippen molar-refractivity contribution in [2.45, 2.75) is 51.3 Å². The maximum atomic E-state index is 13.1. The van der Waals surface area contributed by atoms with E-state index in [2.05, 4.69) is 54.5 Å². The molecule has 0 unspecified atom stereocenters. The minimum absolute atomic E-state index is 0.296. The Morgan fingerprint density at radius 3 is 2.44 bits per heavy atom. The summed E-state index contributed by atoms with van der Waals surface area (Å²) in [5.74, 6) is 0.952. The van der Waals surface area contributed by atoms with E-state index >= 15 is 0 Å². The van der Waals surface area contributed by atoms with Gasteiger partial charge in [0.1, 0.15) is 5.82 Å². The highest BCUT2D eigenvalue weighted by Gasteiger charge is 2.27. The summed E-state index contributed by atoms with van der Waals surface area (Å²) in [6.07, 6.45) is 0. The van der Waals surface area contributed by atoms with Gasteiger partial charge in [-0.1, -0.05) is 30.3 Å². The lowest BCUT2D eigenvalue weighted by Gasteiger charge is -2.26. The topological polar surface area (TPSA) is 67.7 Å². The number of benzene rings is 2. The van der Waals surface area contributed by atoms with Gasteiger partial charge >= 0.3 is 0 Å². The molecular formula is C24H32N4O3S. The molecule has 3 aromatic rings. The Morgan fingerprint density at radius 2 is 1.78 bits per heavy atom. The van der Waals surface area contributed by atoms with Crippen molar-refractivity contribution in [2.24, 2.45) is 0 Å². The van der Waals surface area contributed by atoms with Crippen LogP contribution in [0.1, 0.15) is 32.2 Å². The molecule has 2 heterocycles. The zero-order valence-corrected chi connectivity index (χ0v) is 19.9. The first kappa shape index (κ1) is 22.9. The van der Waals surface area contributed by atoms with Crippen LogP contribution in [0.4, 0.5) is 0 Å². The van der Waals surface area contributed by atoms with Gasteiger partial charge in [0.05, 0.1) is 35.7 Å². The summed E-state index contributed by atoms with van der Waals surface area (Å²) >= 11 is 0. The number of rotatable bonds is 8.